The van der Waals surface area contributed by atoms with Gasteiger partial charge in [0.1, 0.15) is 18.0 Å². The second-order valence-corrected chi connectivity index (χ2v) is 5.80. The van der Waals surface area contributed by atoms with Gasteiger partial charge in [-0.1, -0.05) is 30.3 Å². The topological polar surface area (TPSA) is 51.1 Å². The van der Waals surface area contributed by atoms with Gasteiger partial charge in [-0.15, -0.1) is 0 Å². The van der Waals surface area contributed by atoms with Crippen molar-refractivity contribution in [1.82, 2.24) is 4.90 Å². The Morgan fingerprint density at radius 3 is 2.62 bits per heavy atom. The zero-order valence-electron chi connectivity index (χ0n) is 13.3. The van der Waals surface area contributed by atoms with E-state index in [2.05, 4.69) is 4.99 Å². The molecule has 1 saturated heterocycles. The van der Waals surface area contributed by atoms with Crippen molar-refractivity contribution in [2.75, 3.05) is 32.9 Å². The molecule has 2 aliphatic rings. The highest BCUT2D eigenvalue weighted by molar-refractivity contribution is 6.04. The van der Waals surface area contributed by atoms with E-state index in [1.54, 1.807) is 6.07 Å². The fraction of sp³-hybridized carbons (Fsp3) is 0.263. The van der Waals surface area contributed by atoms with Gasteiger partial charge in [-0.05, 0) is 23.8 Å². The molecular weight excluding hydrogens is 304 g/mol. The molecule has 5 nitrogen and oxygen atoms in total. The van der Waals surface area contributed by atoms with Crippen molar-refractivity contribution in [1.29, 1.82) is 0 Å². The Morgan fingerprint density at radius 2 is 1.83 bits per heavy atom. The molecule has 0 atom stereocenters. The fourth-order valence-corrected chi connectivity index (χ4v) is 2.91. The Hall–Kier alpha value is -2.66. The normalized spacial score (nSPS) is 16.8. The summed E-state index contributed by atoms with van der Waals surface area (Å²) < 4.78 is 11.1. The average molecular weight is 322 g/mol. The highest BCUT2D eigenvalue weighted by atomic mass is 16.5. The molecule has 0 radical (unpaired) electrons. The van der Waals surface area contributed by atoms with Crippen molar-refractivity contribution < 1.29 is 14.3 Å². The molecule has 24 heavy (non-hydrogen) atoms. The van der Waals surface area contributed by atoms with Crippen molar-refractivity contribution in [3.8, 4) is 5.75 Å². The zero-order chi connectivity index (χ0) is 16.4. The van der Waals surface area contributed by atoms with Gasteiger partial charge in [0, 0.05) is 18.7 Å². The number of carbonyl (C=O) groups excluding carboxylic acids is 1. The lowest BCUT2D eigenvalue weighted by atomic mass is 10.1. The van der Waals surface area contributed by atoms with Crippen LogP contribution in [-0.4, -0.2) is 49.4 Å². The van der Waals surface area contributed by atoms with Gasteiger partial charge in [0.05, 0.1) is 18.9 Å². The Labute approximate surface area is 140 Å². The summed E-state index contributed by atoms with van der Waals surface area (Å²) in [7, 11) is 0. The van der Waals surface area contributed by atoms with Gasteiger partial charge in [-0.2, -0.15) is 0 Å². The number of benzene rings is 2. The Bertz CT molecular complexity index is 780. The Kier molecular flexibility index (Phi) is 4.01. The van der Waals surface area contributed by atoms with Crippen LogP contribution in [0.3, 0.4) is 0 Å². The van der Waals surface area contributed by atoms with Crippen molar-refractivity contribution in [2.45, 2.75) is 0 Å². The molecule has 0 N–H and O–H groups in total. The number of ether oxygens (including phenoxy) is 2. The lowest BCUT2D eigenvalue weighted by Crippen LogP contribution is -2.40. The lowest BCUT2D eigenvalue weighted by molar-refractivity contribution is 0.0302. The minimum Gasteiger partial charge on any atom is -0.485 e. The number of amides is 1. The molecule has 4 rings (SSSR count). The molecule has 122 valence electrons. The molecular formula is C19H18N2O3. The van der Waals surface area contributed by atoms with Crippen LogP contribution in [0.1, 0.15) is 15.9 Å². The van der Waals surface area contributed by atoms with Crippen LogP contribution in [0, 0.1) is 0 Å². The standard InChI is InChI=1S/C19H18N2O3/c22-19(21-8-10-23-11-9-21)15-6-7-16-18(12-15)24-13-17(20-16)14-4-2-1-3-5-14/h1-7,12H,8-11,13H2. The van der Waals surface area contributed by atoms with Gasteiger partial charge in [-0.25, -0.2) is 4.99 Å². The summed E-state index contributed by atoms with van der Waals surface area (Å²) in [5.41, 5.74) is 3.35. The molecule has 5 heteroatoms. The lowest BCUT2D eigenvalue weighted by Gasteiger charge is -2.27. The predicted molar refractivity (Wildman–Crippen MR) is 91.3 cm³/mol. The fourth-order valence-electron chi connectivity index (χ4n) is 2.91. The first kappa shape index (κ1) is 14.9. The monoisotopic (exact) mass is 322 g/mol. The summed E-state index contributed by atoms with van der Waals surface area (Å²) in [4.78, 5) is 19.0. The van der Waals surface area contributed by atoms with Crippen LogP contribution < -0.4 is 4.74 Å². The van der Waals surface area contributed by atoms with Crippen LogP contribution >= 0.6 is 0 Å². The van der Waals surface area contributed by atoms with E-state index in [4.69, 9.17) is 9.47 Å². The van der Waals surface area contributed by atoms with Gasteiger partial charge in [0.15, 0.2) is 0 Å². The van der Waals surface area contributed by atoms with E-state index >= 15 is 0 Å². The molecule has 0 aliphatic carbocycles. The molecule has 0 saturated carbocycles. The van der Waals surface area contributed by atoms with E-state index in [1.807, 2.05) is 47.4 Å². The van der Waals surface area contributed by atoms with Crippen molar-refractivity contribution in [3.05, 3.63) is 59.7 Å². The molecule has 0 aromatic heterocycles. The van der Waals surface area contributed by atoms with E-state index < -0.39 is 0 Å². The summed E-state index contributed by atoms with van der Waals surface area (Å²) in [5.74, 6) is 0.677. The third-order valence-electron chi connectivity index (χ3n) is 4.23. The van der Waals surface area contributed by atoms with Gasteiger partial charge in [0.25, 0.3) is 5.91 Å². The number of hydrogen-bond donors (Lipinski definition) is 0. The molecule has 1 fully saturated rings. The van der Waals surface area contributed by atoms with E-state index in [0.717, 1.165) is 17.0 Å². The van der Waals surface area contributed by atoms with Crippen LogP contribution in [-0.2, 0) is 4.74 Å². The van der Waals surface area contributed by atoms with Crippen LogP contribution in [0.2, 0.25) is 0 Å². The second kappa shape index (κ2) is 6.45. The molecule has 2 aromatic rings. The number of nitrogens with zero attached hydrogens (tertiary/aromatic N) is 2. The van der Waals surface area contributed by atoms with E-state index in [-0.39, 0.29) is 5.91 Å². The van der Waals surface area contributed by atoms with Gasteiger partial charge in [0.2, 0.25) is 0 Å². The van der Waals surface area contributed by atoms with Gasteiger partial charge >= 0.3 is 0 Å². The van der Waals surface area contributed by atoms with Crippen molar-refractivity contribution in [3.63, 3.8) is 0 Å². The molecule has 2 heterocycles. The highest BCUT2D eigenvalue weighted by Gasteiger charge is 2.21. The van der Waals surface area contributed by atoms with E-state index in [0.29, 0.717) is 44.2 Å². The van der Waals surface area contributed by atoms with E-state index in [1.165, 1.54) is 0 Å². The van der Waals surface area contributed by atoms with Gasteiger partial charge < -0.3 is 14.4 Å². The largest absolute Gasteiger partial charge is 0.485 e. The zero-order valence-corrected chi connectivity index (χ0v) is 13.3. The van der Waals surface area contributed by atoms with Crippen LogP contribution in [0.25, 0.3) is 0 Å². The molecule has 0 unspecified atom stereocenters. The maximum Gasteiger partial charge on any atom is 0.254 e. The molecule has 2 aliphatic heterocycles. The van der Waals surface area contributed by atoms with Crippen LogP contribution in [0.4, 0.5) is 5.69 Å². The van der Waals surface area contributed by atoms with Crippen LogP contribution in [0.15, 0.2) is 53.5 Å². The van der Waals surface area contributed by atoms with E-state index in [9.17, 15) is 4.79 Å². The third kappa shape index (κ3) is 2.90. The number of morpholine rings is 1. The summed E-state index contributed by atoms with van der Waals surface area (Å²) in [6, 6.07) is 15.4. The van der Waals surface area contributed by atoms with Crippen molar-refractivity contribution >= 4 is 17.3 Å². The Morgan fingerprint density at radius 1 is 1.04 bits per heavy atom. The van der Waals surface area contributed by atoms with Crippen molar-refractivity contribution in [2.24, 2.45) is 4.99 Å². The first-order valence-corrected chi connectivity index (χ1v) is 8.08. The minimum absolute atomic E-state index is 0.0162. The summed E-state index contributed by atoms with van der Waals surface area (Å²) in [5, 5.41) is 0. The van der Waals surface area contributed by atoms with Crippen LogP contribution in [0.5, 0.6) is 5.75 Å². The number of carbonyl (C=O) groups is 1. The summed E-state index contributed by atoms with van der Waals surface area (Å²) in [6.07, 6.45) is 0. The first-order chi connectivity index (χ1) is 11.8. The summed E-state index contributed by atoms with van der Waals surface area (Å²) in [6.45, 7) is 2.86. The quantitative estimate of drug-likeness (QED) is 0.854. The third-order valence-corrected chi connectivity index (χ3v) is 4.23. The molecule has 1 amide bonds. The molecule has 0 bridgehead atoms. The smallest absolute Gasteiger partial charge is 0.254 e. The second-order valence-electron chi connectivity index (χ2n) is 5.80. The number of fused-ring (bicyclic) bond motifs is 1. The maximum absolute atomic E-state index is 12.6. The molecule has 0 spiro atoms. The first-order valence-electron chi connectivity index (χ1n) is 8.08. The number of rotatable bonds is 2. The number of hydrogen-bond acceptors (Lipinski definition) is 4. The highest BCUT2D eigenvalue weighted by Crippen LogP contribution is 2.33. The Balaban J connectivity index is 1.59. The minimum atomic E-state index is 0.0162. The summed E-state index contributed by atoms with van der Waals surface area (Å²) >= 11 is 0. The average Bonchev–Trinajstić information content (AvgIpc) is 2.68. The van der Waals surface area contributed by atoms with Gasteiger partial charge in [-0.3, -0.25) is 4.79 Å². The molecule has 2 aromatic carbocycles. The predicted octanol–water partition coefficient (Wildman–Crippen LogP) is 2.67. The number of aliphatic imine (C=N–C) groups is 1. The maximum atomic E-state index is 12.6. The SMILES string of the molecule is O=C(c1ccc2c(c1)OCC(c1ccccc1)=N2)N1CCOCC1.